The van der Waals surface area contributed by atoms with Gasteiger partial charge >= 0.3 is 6.09 Å². The molecule has 5 nitrogen and oxygen atoms in total. The molecule has 1 atom stereocenters. The van der Waals surface area contributed by atoms with E-state index in [0.717, 1.165) is 29.7 Å². The second kappa shape index (κ2) is 7.34. The van der Waals surface area contributed by atoms with E-state index in [9.17, 15) is 13.2 Å². The van der Waals surface area contributed by atoms with Gasteiger partial charge in [-0.25, -0.2) is 13.2 Å². The van der Waals surface area contributed by atoms with Crippen molar-refractivity contribution in [3.05, 3.63) is 29.3 Å². The van der Waals surface area contributed by atoms with E-state index in [0.29, 0.717) is 6.42 Å². The third-order valence-corrected chi connectivity index (χ3v) is 5.99. The Morgan fingerprint density at radius 3 is 2.26 bits per heavy atom. The van der Waals surface area contributed by atoms with E-state index in [1.54, 1.807) is 11.8 Å². The Labute approximate surface area is 138 Å². The van der Waals surface area contributed by atoms with E-state index in [-0.39, 0.29) is 24.2 Å². The van der Waals surface area contributed by atoms with Crippen molar-refractivity contribution in [1.82, 2.24) is 0 Å². The fourth-order valence-electron chi connectivity index (χ4n) is 3.12. The van der Waals surface area contributed by atoms with Crippen LogP contribution >= 0.6 is 0 Å². The summed E-state index contributed by atoms with van der Waals surface area (Å²) in [5, 5.41) is 0. The number of hydrogen-bond donors (Lipinski definition) is 0. The summed E-state index contributed by atoms with van der Waals surface area (Å²) in [5.74, 6) is 0.135. The Bertz CT molecular complexity index is 647. The lowest BCUT2D eigenvalue weighted by atomic mass is 10.0. The largest absolute Gasteiger partial charge is 0.449 e. The van der Waals surface area contributed by atoms with Crippen LogP contribution < -0.4 is 4.90 Å². The zero-order chi connectivity index (χ0) is 17.0. The molecule has 1 aliphatic heterocycles. The molecule has 1 amide bonds. The van der Waals surface area contributed by atoms with E-state index >= 15 is 0 Å². The van der Waals surface area contributed by atoms with Crippen LogP contribution in [0.2, 0.25) is 0 Å². The summed E-state index contributed by atoms with van der Waals surface area (Å²) < 4.78 is 29.0. The molecule has 0 saturated carbocycles. The van der Waals surface area contributed by atoms with Crippen molar-refractivity contribution in [3.8, 4) is 0 Å². The average Bonchev–Trinajstić information content (AvgIpc) is 2.87. The van der Waals surface area contributed by atoms with Crippen molar-refractivity contribution in [1.29, 1.82) is 0 Å². The van der Waals surface area contributed by atoms with Gasteiger partial charge in [-0.1, -0.05) is 32.0 Å². The van der Waals surface area contributed by atoms with Crippen LogP contribution in [0.3, 0.4) is 0 Å². The van der Waals surface area contributed by atoms with E-state index < -0.39 is 15.9 Å². The number of para-hydroxylation sites is 1. The molecule has 2 rings (SSSR count). The first kappa shape index (κ1) is 17.8. The Morgan fingerprint density at radius 1 is 1.22 bits per heavy atom. The van der Waals surface area contributed by atoms with Crippen molar-refractivity contribution in [3.63, 3.8) is 0 Å². The molecule has 6 heteroatoms. The average molecular weight is 339 g/mol. The maximum absolute atomic E-state index is 12.6. The maximum Gasteiger partial charge on any atom is 0.414 e. The summed E-state index contributed by atoms with van der Waals surface area (Å²) in [7, 11) is -3.09. The predicted octanol–water partition coefficient (Wildman–Crippen LogP) is 2.96. The molecule has 0 bridgehead atoms. The molecular weight excluding hydrogens is 314 g/mol. The second-order valence-electron chi connectivity index (χ2n) is 5.76. The molecule has 23 heavy (non-hydrogen) atoms. The van der Waals surface area contributed by atoms with Gasteiger partial charge in [-0.3, -0.25) is 4.90 Å². The molecule has 0 aromatic heterocycles. The van der Waals surface area contributed by atoms with Crippen molar-refractivity contribution < 1.29 is 17.9 Å². The third-order valence-electron chi connectivity index (χ3n) is 4.24. The lowest BCUT2D eigenvalue weighted by Crippen LogP contribution is -2.42. The number of nitrogens with zero attached hydrogens (tertiary/aromatic N) is 1. The summed E-state index contributed by atoms with van der Waals surface area (Å²) in [6.07, 6.45) is 1.56. The van der Waals surface area contributed by atoms with Crippen molar-refractivity contribution >= 4 is 21.6 Å². The number of benzene rings is 1. The number of rotatable bonds is 5. The number of sulfone groups is 1. The summed E-state index contributed by atoms with van der Waals surface area (Å²) in [4.78, 5) is 14.2. The lowest BCUT2D eigenvalue weighted by Gasteiger charge is -2.31. The van der Waals surface area contributed by atoms with Crippen LogP contribution in [0, 0.1) is 0 Å². The summed E-state index contributed by atoms with van der Waals surface area (Å²) in [6, 6.07) is 5.61. The highest BCUT2D eigenvalue weighted by atomic mass is 32.2. The molecule has 0 radical (unpaired) electrons. The monoisotopic (exact) mass is 339 g/mol. The highest BCUT2D eigenvalue weighted by Gasteiger charge is 2.37. The van der Waals surface area contributed by atoms with Gasteiger partial charge < -0.3 is 4.74 Å². The normalized spacial score (nSPS) is 19.5. The summed E-state index contributed by atoms with van der Waals surface area (Å²) in [5.41, 5.74) is 2.92. The highest BCUT2D eigenvalue weighted by molar-refractivity contribution is 7.91. The quantitative estimate of drug-likeness (QED) is 0.827. The summed E-state index contributed by atoms with van der Waals surface area (Å²) in [6.45, 7) is 6.10. The molecule has 1 fully saturated rings. The molecule has 1 saturated heterocycles. The Hall–Kier alpha value is -1.56. The van der Waals surface area contributed by atoms with E-state index in [1.165, 1.54) is 0 Å². The first-order chi connectivity index (χ1) is 10.9. The minimum atomic E-state index is -3.09. The highest BCUT2D eigenvalue weighted by Crippen LogP contribution is 2.32. The van der Waals surface area contributed by atoms with Crippen molar-refractivity contribution in [2.75, 3.05) is 23.0 Å². The van der Waals surface area contributed by atoms with Gasteiger partial charge in [0, 0.05) is 0 Å². The van der Waals surface area contributed by atoms with Crippen LogP contribution in [0.1, 0.15) is 38.3 Å². The number of amides is 1. The first-order valence-corrected chi connectivity index (χ1v) is 10.0. The maximum atomic E-state index is 12.6. The standard InChI is InChI=1S/C17H25NO4S/c1-4-13-8-7-9-14(5-2)16(13)18(17(19)22-6-3)15-10-11-23(20,21)12-15/h7-9,15H,4-6,10-12H2,1-3H3. The smallest absolute Gasteiger partial charge is 0.414 e. The van der Waals surface area contributed by atoms with Gasteiger partial charge in [0.05, 0.1) is 29.8 Å². The fraction of sp³-hybridized carbons (Fsp3) is 0.588. The third kappa shape index (κ3) is 3.86. The van der Waals surface area contributed by atoms with E-state index in [2.05, 4.69) is 0 Å². The Balaban J connectivity index is 2.52. The Morgan fingerprint density at radius 2 is 1.83 bits per heavy atom. The molecule has 1 aromatic rings. The molecule has 0 N–H and O–H groups in total. The van der Waals surface area contributed by atoms with Crippen molar-refractivity contribution in [2.24, 2.45) is 0 Å². The SMILES string of the molecule is CCOC(=O)N(c1c(CC)cccc1CC)C1CCS(=O)(=O)C1. The van der Waals surface area contributed by atoms with Gasteiger partial charge in [-0.05, 0) is 37.3 Å². The summed E-state index contributed by atoms with van der Waals surface area (Å²) >= 11 is 0. The minimum Gasteiger partial charge on any atom is -0.449 e. The lowest BCUT2D eigenvalue weighted by molar-refractivity contribution is 0.157. The fourth-order valence-corrected chi connectivity index (χ4v) is 4.82. The molecule has 128 valence electrons. The second-order valence-corrected chi connectivity index (χ2v) is 7.99. The number of anilines is 1. The topological polar surface area (TPSA) is 63.7 Å². The van der Waals surface area contributed by atoms with E-state index in [4.69, 9.17) is 4.74 Å². The molecule has 1 unspecified atom stereocenters. The van der Waals surface area contributed by atoms with Crippen LogP contribution in [0.25, 0.3) is 0 Å². The van der Waals surface area contributed by atoms with Crippen molar-refractivity contribution in [2.45, 2.75) is 46.1 Å². The number of hydrogen-bond acceptors (Lipinski definition) is 4. The molecule has 1 aromatic carbocycles. The number of carbonyl (C=O) groups is 1. The zero-order valence-corrected chi connectivity index (χ0v) is 14.9. The van der Waals surface area contributed by atoms with Gasteiger partial charge in [0.1, 0.15) is 0 Å². The van der Waals surface area contributed by atoms with Crippen LogP contribution in [0.4, 0.5) is 10.5 Å². The molecule has 1 heterocycles. The number of carbonyl (C=O) groups excluding carboxylic acids is 1. The van der Waals surface area contributed by atoms with Crippen LogP contribution in [0.5, 0.6) is 0 Å². The van der Waals surface area contributed by atoms with E-state index in [1.807, 2.05) is 32.0 Å². The molecule has 0 spiro atoms. The van der Waals surface area contributed by atoms with Gasteiger partial charge in [0.2, 0.25) is 0 Å². The van der Waals surface area contributed by atoms with Crippen LogP contribution in [-0.2, 0) is 27.4 Å². The predicted molar refractivity (Wildman–Crippen MR) is 91.8 cm³/mol. The molecular formula is C17H25NO4S. The number of ether oxygens (including phenoxy) is 1. The zero-order valence-electron chi connectivity index (χ0n) is 14.0. The van der Waals surface area contributed by atoms with Crippen LogP contribution in [0.15, 0.2) is 18.2 Å². The minimum absolute atomic E-state index is 0.00696. The van der Waals surface area contributed by atoms with Gasteiger partial charge in [0.25, 0.3) is 0 Å². The molecule has 0 aliphatic carbocycles. The molecule has 1 aliphatic rings. The first-order valence-electron chi connectivity index (χ1n) is 8.20. The van der Waals surface area contributed by atoms with Gasteiger partial charge in [-0.15, -0.1) is 0 Å². The Kier molecular flexibility index (Phi) is 5.68. The van der Waals surface area contributed by atoms with Gasteiger partial charge in [0.15, 0.2) is 9.84 Å². The van der Waals surface area contributed by atoms with Gasteiger partial charge in [-0.2, -0.15) is 0 Å². The van der Waals surface area contributed by atoms with Crippen LogP contribution in [-0.4, -0.2) is 38.7 Å². The number of aryl methyl sites for hydroxylation is 2.